The van der Waals surface area contributed by atoms with E-state index >= 15 is 0 Å². The molecule has 0 aliphatic carbocycles. The van der Waals surface area contributed by atoms with Gasteiger partial charge in [0.2, 0.25) is 5.91 Å². The Morgan fingerprint density at radius 1 is 1.17 bits per heavy atom. The Morgan fingerprint density at radius 2 is 1.98 bits per heavy atom. The van der Waals surface area contributed by atoms with Crippen LogP contribution in [0.3, 0.4) is 0 Å². The number of aliphatic imine (C=N–C) groups is 1. The number of phenols is 1. The van der Waals surface area contributed by atoms with E-state index in [0.717, 1.165) is 43.4 Å². The highest BCUT2D eigenvalue weighted by molar-refractivity contribution is 8.76. The molecule has 230 valence electrons. The molecule has 12 heteroatoms. The van der Waals surface area contributed by atoms with E-state index in [1.165, 1.54) is 14.0 Å². The standard InChI is InChI=1S/C29H46N4O6S2/c1-20(34)39-25-9-8-21-13-23(28(37)26(14-21)38-2)18-33-17-22(15-27(33)36)10-11-31-29(30)32-19-41-40-12-6-4-3-5-7-24(35)16-25/h13-14,22,24-25,35,37H,3-12,15-19H2,1-2H3,(H3,30,31,32)/t22-,24-,25+/m0/s1. The highest BCUT2D eigenvalue weighted by atomic mass is 33.1. The van der Waals surface area contributed by atoms with E-state index in [0.29, 0.717) is 68.3 Å². The van der Waals surface area contributed by atoms with Gasteiger partial charge in [-0.2, -0.15) is 0 Å². The minimum absolute atomic E-state index is 0.0225. The summed E-state index contributed by atoms with van der Waals surface area (Å²) in [7, 11) is 4.97. The number of methoxy groups -OCH3 is 1. The maximum atomic E-state index is 12.8. The molecule has 0 unspecified atom stereocenters. The van der Waals surface area contributed by atoms with E-state index in [1.54, 1.807) is 32.6 Å². The molecular weight excluding hydrogens is 564 g/mol. The number of guanidine groups is 1. The Hall–Kier alpha value is -2.31. The number of aliphatic hydroxyl groups is 1. The summed E-state index contributed by atoms with van der Waals surface area (Å²) in [6, 6.07) is 3.66. The summed E-state index contributed by atoms with van der Waals surface area (Å²) >= 11 is 0. The van der Waals surface area contributed by atoms with Crippen molar-refractivity contribution in [3.63, 3.8) is 0 Å². The summed E-state index contributed by atoms with van der Waals surface area (Å²) in [5.74, 6) is 2.28. The number of ether oxygens (including phenoxy) is 2. The van der Waals surface area contributed by atoms with E-state index in [2.05, 4.69) is 10.3 Å². The highest BCUT2D eigenvalue weighted by Crippen LogP contribution is 2.34. The number of nitrogens with two attached hydrogens (primary N) is 1. The first-order valence-corrected chi connectivity index (χ1v) is 17.0. The Labute approximate surface area is 251 Å². The number of nitrogens with zero attached hydrogens (tertiary/aromatic N) is 2. The Bertz CT molecular complexity index is 1030. The third-order valence-electron chi connectivity index (χ3n) is 7.46. The number of nitrogens with one attached hydrogen (secondary N) is 1. The second-order valence-corrected chi connectivity index (χ2v) is 13.4. The number of hydrogen-bond acceptors (Lipinski definition) is 11. The van der Waals surface area contributed by atoms with Crippen LogP contribution in [-0.4, -0.2) is 77.0 Å². The number of amides is 1. The van der Waals surface area contributed by atoms with Crippen LogP contribution in [0.2, 0.25) is 0 Å². The lowest BCUT2D eigenvalue weighted by Gasteiger charge is -2.22. The van der Waals surface area contributed by atoms with Crippen molar-refractivity contribution in [3.8, 4) is 11.5 Å². The molecule has 4 bridgehead atoms. The molecule has 0 aromatic heterocycles. The Kier molecular flexibility index (Phi) is 14.3. The summed E-state index contributed by atoms with van der Waals surface area (Å²) in [6.45, 7) is 2.91. The predicted molar refractivity (Wildman–Crippen MR) is 165 cm³/mol. The first-order chi connectivity index (χ1) is 19.7. The molecule has 10 nitrogen and oxygen atoms in total. The quantitative estimate of drug-likeness (QED) is 0.287. The van der Waals surface area contributed by atoms with Crippen molar-refractivity contribution in [1.82, 2.24) is 10.2 Å². The maximum absolute atomic E-state index is 12.8. The molecule has 3 atom stereocenters. The van der Waals surface area contributed by atoms with Crippen molar-refractivity contribution in [1.29, 1.82) is 0 Å². The van der Waals surface area contributed by atoms with Crippen LogP contribution in [0.25, 0.3) is 0 Å². The van der Waals surface area contributed by atoms with E-state index in [-0.39, 0.29) is 30.1 Å². The summed E-state index contributed by atoms with van der Waals surface area (Å²) in [5.41, 5.74) is 7.53. The van der Waals surface area contributed by atoms with Crippen LogP contribution in [0.15, 0.2) is 17.1 Å². The minimum Gasteiger partial charge on any atom is -0.504 e. The zero-order chi connectivity index (χ0) is 29.6. The van der Waals surface area contributed by atoms with Crippen LogP contribution >= 0.6 is 21.6 Å². The second kappa shape index (κ2) is 17.6. The molecule has 1 aromatic carbocycles. The lowest BCUT2D eigenvalue weighted by Crippen LogP contribution is -2.33. The van der Waals surface area contributed by atoms with Crippen LogP contribution in [0.1, 0.15) is 75.8 Å². The molecule has 2 aliphatic rings. The maximum Gasteiger partial charge on any atom is 0.302 e. The number of aryl methyl sites for hydroxylation is 1. The number of carbonyl (C=O) groups is 2. The van der Waals surface area contributed by atoms with Gasteiger partial charge in [-0.3, -0.25) is 9.59 Å². The van der Waals surface area contributed by atoms with Crippen molar-refractivity contribution in [2.75, 3.05) is 31.8 Å². The number of aromatic hydroxyl groups is 1. The monoisotopic (exact) mass is 610 g/mol. The number of rotatable bonds is 2. The summed E-state index contributed by atoms with van der Waals surface area (Å²) in [4.78, 5) is 30.7. The van der Waals surface area contributed by atoms with Crippen LogP contribution < -0.4 is 15.8 Å². The van der Waals surface area contributed by atoms with E-state index in [9.17, 15) is 19.8 Å². The van der Waals surface area contributed by atoms with Gasteiger partial charge in [-0.05, 0) is 49.7 Å². The van der Waals surface area contributed by atoms with Gasteiger partial charge in [-0.25, -0.2) is 4.99 Å². The molecule has 41 heavy (non-hydrogen) atoms. The van der Waals surface area contributed by atoms with Crippen LogP contribution in [-0.2, 0) is 27.3 Å². The van der Waals surface area contributed by atoms with E-state index in [4.69, 9.17) is 15.2 Å². The van der Waals surface area contributed by atoms with Gasteiger partial charge in [0.1, 0.15) is 6.10 Å². The zero-order valence-electron chi connectivity index (χ0n) is 24.3. The molecule has 1 saturated heterocycles. The van der Waals surface area contributed by atoms with Crippen LogP contribution in [0.5, 0.6) is 11.5 Å². The molecule has 0 spiro atoms. The number of phenolic OH excluding ortho intramolecular Hbond substituents is 1. The van der Waals surface area contributed by atoms with Gasteiger partial charge in [-0.15, -0.1) is 0 Å². The fourth-order valence-electron chi connectivity index (χ4n) is 5.31. The summed E-state index contributed by atoms with van der Waals surface area (Å²) in [6.07, 6.45) is 6.62. The van der Waals surface area contributed by atoms with Gasteiger partial charge in [0.15, 0.2) is 17.5 Å². The molecule has 2 aliphatic heterocycles. The minimum atomic E-state index is -0.543. The van der Waals surface area contributed by atoms with E-state index in [1.807, 2.05) is 6.07 Å². The highest BCUT2D eigenvalue weighted by Gasteiger charge is 2.30. The van der Waals surface area contributed by atoms with E-state index < -0.39 is 12.2 Å². The van der Waals surface area contributed by atoms with Crippen molar-refractivity contribution in [2.24, 2.45) is 16.6 Å². The Morgan fingerprint density at radius 3 is 2.76 bits per heavy atom. The number of esters is 1. The molecule has 1 amide bonds. The lowest BCUT2D eigenvalue weighted by molar-refractivity contribution is -0.148. The largest absolute Gasteiger partial charge is 0.504 e. The van der Waals surface area contributed by atoms with Gasteiger partial charge < -0.3 is 35.6 Å². The number of fused-ring (bicyclic) bond motifs is 4. The summed E-state index contributed by atoms with van der Waals surface area (Å²) in [5, 5.41) is 24.6. The van der Waals surface area contributed by atoms with Gasteiger partial charge in [-0.1, -0.05) is 46.9 Å². The average Bonchev–Trinajstić information content (AvgIpc) is 3.27. The van der Waals surface area contributed by atoms with Crippen molar-refractivity contribution >= 4 is 39.4 Å². The molecule has 0 saturated carbocycles. The number of carbonyl (C=O) groups excluding carboxylic acids is 2. The van der Waals surface area contributed by atoms with Gasteiger partial charge in [0.05, 0.1) is 19.1 Å². The van der Waals surface area contributed by atoms with Gasteiger partial charge in [0, 0.05) is 50.7 Å². The van der Waals surface area contributed by atoms with Gasteiger partial charge in [0.25, 0.3) is 0 Å². The smallest absolute Gasteiger partial charge is 0.302 e. The molecule has 1 fully saturated rings. The van der Waals surface area contributed by atoms with Crippen molar-refractivity contribution < 1.29 is 29.3 Å². The summed E-state index contributed by atoms with van der Waals surface area (Å²) < 4.78 is 11.0. The zero-order valence-corrected chi connectivity index (χ0v) is 25.9. The number of hydrogen-bond donors (Lipinski definition) is 4. The fraction of sp³-hybridized carbons (Fsp3) is 0.690. The van der Waals surface area contributed by atoms with Crippen LogP contribution in [0.4, 0.5) is 0 Å². The number of benzene rings is 1. The lowest BCUT2D eigenvalue weighted by atomic mass is 9.98. The third kappa shape index (κ3) is 11.8. The molecule has 0 radical (unpaired) electrons. The van der Waals surface area contributed by atoms with Gasteiger partial charge >= 0.3 is 5.97 Å². The molecule has 5 N–H and O–H groups in total. The molecule has 2 heterocycles. The predicted octanol–water partition coefficient (Wildman–Crippen LogP) is 3.96. The number of aliphatic hydroxyl groups excluding tert-OH is 1. The molecule has 1 aromatic rings. The normalized spacial score (nSPS) is 24.7. The van der Waals surface area contributed by atoms with Crippen LogP contribution in [0, 0.1) is 5.92 Å². The second-order valence-electron chi connectivity index (χ2n) is 10.8. The Balaban J connectivity index is 1.72. The average molecular weight is 611 g/mol. The third-order valence-corrected chi connectivity index (χ3v) is 9.63. The molecular formula is C29H46N4O6S2. The molecule has 3 rings (SSSR count). The SMILES string of the molecule is COc1cc2cc(c1O)CN1C[C@@H](CCNC(N)=NCSSCCCCCC[C@H](O)C[C@H](OC(C)=O)CC2)CC1=O. The first kappa shape index (κ1) is 33.2. The van der Waals surface area contributed by atoms with Crippen molar-refractivity contribution in [2.45, 2.75) is 89.9 Å². The fourth-order valence-corrected chi connectivity index (χ4v) is 7.11. The van der Waals surface area contributed by atoms with Crippen molar-refractivity contribution in [3.05, 3.63) is 23.3 Å². The topological polar surface area (TPSA) is 147 Å². The first-order valence-electron chi connectivity index (χ1n) is 14.5.